The molecule has 3 aliphatic carbocycles. The van der Waals surface area contributed by atoms with Crippen molar-refractivity contribution in [2.75, 3.05) is 0 Å². The number of nitriles is 1. The number of hydrogen-bond acceptors (Lipinski definition) is 2. The summed E-state index contributed by atoms with van der Waals surface area (Å²) in [6.07, 6.45) is 4.71. The number of fused-ring (bicyclic) bond motifs is 3. The first-order valence-electron chi connectivity index (χ1n) is 4.83. The Morgan fingerprint density at radius 3 is 2.23 bits per heavy atom. The largest absolute Gasteiger partial charge is 0.480 e. The summed E-state index contributed by atoms with van der Waals surface area (Å²) in [4.78, 5) is 11.1. The van der Waals surface area contributed by atoms with Crippen molar-refractivity contribution in [3.8, 4) is 6.07 Å². The average molecular weight is 179 g/mol. The first kappa shape index (κ1) is 8.55. The first-order chi connectivity index (χ1) is 6.19. The average Bonchev–Trinajstić information content (AvgIpc) is 2.19. The summed E-state index contributed by atoms with van der Waals surface area (Å²) in [7, 11) is 0. The monoisotopic (exact) mass is 179 g/mol. The van der Waals surface area contributed by atoms with Crippen molar-refractivity contribution in [1.29, 1.82) is 5.26 Å². The van der Waals surface area contributed by atoms with Crippen molar-refractivity contribution >= 4 is 5.97 Å². The number of aliphatic carboxylic acids is 1. The molecule has 0 aromatic rings. The van der Waals surface area contributed by atoms with E-state index in [0.29, 0.717) is 12.3 Å². The standard InChI is InChI=1S/C10H13NO2/c11-6-10(9(12)13)5-7-1-3-8(10)4-2-7/h7-8H,1-5H2,(H,12,13). The molecule has 0 heterocycles. The summed E-state index contributed by atoms with van der Waals surface area (Å²) in [5.41, 5.74) is -1.04. The van der Waals surface area contributed by atoms with Crippen LogP contribution in [-0.2, 0) is 4.79 Å². The highest BCUT2D eigenvalue weighted by atomic mass is 16.4. The van der Waals surface area contributed by atoms with Crippen molar-refractivity contribution in [1.82, 2.24) is 0 Å². The summed E-state index contributed by atoms with van der Waals surface area (Å²) >= 11 is 0. The fourth-order valence-corrected chi connectivity index (χ4v) is 2.93. The number of nitrogens with zero attached hydrogens (tertiary/aromatic N) is 1. The van der Waals surface area contributed by atoms with Gasteiger partial charge < -0.3 is 5.11 Å². The predicted molar refractivity (Wildman–Crippen MR) is 45.7 cm³/mol. The third kappa shape index (κ3) is 1.05. The second kappa shape index (κ2) is 2.73. The third-order valence-corrected chi connectivity index (χ3v) is 3.74. The summed E-state index contributed by atoms with van der Waals surface area (Å²) in [5, 5.41) is 18.1. The molecule has 0 aromatic carbocycles. The van der Waals surface area contributed by atoms with E-state index in [0.717, 1.165) is 25.7 Å². The van der Waals surface area contributed by atoms with Crippen LogP contribution < -0.4 is 0 Å². The maximum absolute atomic E-state index is 11.1. The minimum Gasteiger partial charge on any atom is -0.480 e. The predicted octanol–water partition coefficient (Wildman–Crippen LogP) is 1.79. The molecule has 70 valence electrons. The molecule has 13 heavy (non-hydrogen) atoms. The molecular formula is C10H13NO2. The second-order valence-corrected chi connectivity index (χ2v) is 4.31. The Bertz CT molecular complexity index is 273. The van der Waals surface area contributed by atoms with Crippen LogP contribution in [0.5, 0.6) is 0 Å². The van der Waals surface area contributed by atoms with Gasteiger partial charge in [-0.15, -0.1) is 0 Å². The zero-order valence-electron chi connectivity index (χ0n) is 7.49. The lowest BCUT2D eigenvalue weighted by Crippen LogP contribution is -2.46. The topological polar surface area (TPSA) is 61.1 Å². The summed E-state index contributed by atoms with van der Waals surface area (Å²) < 4.78 is 0. The zero-order chi connectivity index (χ0) is 9.47. The highest BCUT2D eigenvalue weighted by molar-refractivity contribution is 5.78. The van der Waals surface area contributed by atoms with E-state index in [9.17, 15) is 4.79 Å². The number of rotatable bonds is 1. The van der Waals surface area contributed by atoms with Crippen molar-refractivity contribution in [2.24, 2.45) is 17.3 Å². The molecule has 2 bridgehead atoms. The van der Waals surface area contributed by atoms with Gasteiger partial charge in [-0.05, 0) is 31.1 Å². The van der Waals surface area contributed by atoms with E-state index in [1.807, 2.05) is 6.07 Å². The van der Waals surface area contributed by atoms with Gasteiger partial charge in [0.1, 0.15) is 0 Å². The first-order valence-corrected chi connectivity index (χ1v) is 4.83. The lowest BCUT2D eigenvalue weighted by atomic mass is 9.56. The van der Waals surface area contributed by atoms with Crippen LogP contribution in [0.2, 0.25) is 0 Å². The smallest absolute Gasteiger partial charge is 0.324 e. The molecule has 1 atom stereocenters. The molecule has 1 unspecified atom stereocenters. The quantitative estimate of drug-likeness (QED) is 0.667. The van der Waals surface area contributed by atoms with Crippen LogP contribution in [0.1, 0.15) is 32.1 Å². The van der Waals surface area contributed by atoms with Crippen LogP contribution in [0.4, 0.5) is 0 Å². The molecule has 3 rings (SSSR count). The van der Waals surface area contributed by atoms with Crippen LogP contribution in [0.25, 0.3) is 0 Å². The summed E-state index contributed by atoms with van der Waals surface area (Å²) in [6, 6.07) is 2.05. The van der Waals surface area contributed by atoms with Gasteiger partial charge in [-0.2, -0.15) is 5.26 Å². The van der Waals surface area contributed by atoms with Gasteiger partial charge in [0.05, 0.1) is 6.07 Å². The van der Waals surface area contributed by atoms with Gasteiger partial charge in [0.25, 0.3) is 0 Å². The molecule has 3 saturated carbocycles. The molecule has 1 N–H and O–H groups in total. The molecule has 0 radical (unpaired) electrons. The highest BCUT2D eigenvalue weighted by Crippen LogP contribution is 2.52. The van der Waals surface area contributed by atoms with Crippen molar-refractivity contribution < 1.29 is 9.90 Å². The van der Waals surface area contributed by atoms with Crippen LogP contribution >= 0.6 is 0 Å². The van der Waals surface area contributed by atoms with E-state index >= 15 is 0 Å². The molecule has 3 fully saturated rings. The van der Waals surface area contributed by atoms with Gasteiger partial charge in [0.15, 0.2) is 5.41 Å². The van der Waals surface area contributed by atoms with Crippen LogP contribution in [0, 0.1) is 28.6 Å². The number of carboxylic acids is 1. The molecule has 3 heteroatoms. The Morgan fingerprint density at radius 2 is 2.00 bits per heavy atom. The van der Waals surface area contributed by atoms with E-state index in [4.69, 9.17) is 10.4 Å². The lowest BCUT2D eigenvalue weighted by Gasteiger charge is -2.45. The van der Waals surface area contributed by atoms with Gasteiger partial charge in [-0.1, -0.05) is 12.8 Å². The maximum atomic E-state index is 11.1. The molecule has 0 amide bonds. The van der Waals surface area contributed by atoms with Gasteiger partial charge >= 0.3 is 5.97 Å². The Kier molecular flexibility index (Phi) is 1.80. The lowest BCUT2D eigenvalue weighted by molar-refractivity contribution is -0.154. The zero-order valence-corrected chi connectivity index (χ0v) is 7.49. The van der Waals surface area contributed by atoms with Crippen LogP contribution in [-0.4, -0.2) is 11.1 Å². The normalized spacial score (nSPS) is 42.7. The molecule has 0 saturated heterocycles. The Labute approximate surface area is 77.4 Å². The maximum Gasteiger partial charge on any atom is 0.324 e. The van der Waals surface area contributed by atoms with Crippen LogP contribution in [0.15, 0.2) is 0 Å². The number of hydrogen-bond donors (Lipinski definition) is 1. The number of carboxylic acid groups (broad SMARTS) is 1. The van der Waals surface area contributed by atoms with Crippen LogP contribution in [0.3, 0.4) is 0 Å². The van der Waals surface area contributed by atoms with E-state index in [1.165, 1.54) is 0 Å². The Balaban J connectivity index is 2.32. The SMILES string of the molecule is N#CC1(C(=O)O)CC2CCC1CC2. The van der Waals surface area contributed by atoms with E-state index < -0.39 is 11.4 Å². The molecule has 3 aliphatic rings. The minimum absolute atomic E-state index is 0.111. The molecule has 3 nitrogen and oxygen atoms in total. The summed E-state index contributed by atoms with van der Waals surface area (Å²) in [6.45, 7) is 0. The third-order valence-electron chi connectivity index (χ3n) is 3.74. The van der Waals surface area contributed by atoms with Crippen molar-refractivity contribution in [2.45, 2.75) is 32.1 Å². The Morgan fingerprint density at radius 1 is 1.38 bits per heavy atom. The highest BCUT2D eigenvalue weighted by Gasteiger charge is 2.53. The van der Waals surface area contributed by atoms with Gasteiger partial charge in [0.2, 0.25) is 0 Å². The second-order valence-electron chi connectivity index (χ2n) is 4.31. The van der Waals surface area contributed by atoms with E-state index in [1.54, 1.807) is 0 Å². The summed E-state index contributed by atoms with van der Waals surface area (Å²) in [5.74, 6) is -0.301. The number of carbonyl (C=O) groups is 1. The van der Waals surface area contributed by atoms with Gasteiger partial charge in [-0.25, -0.2) is 0 Å². The molecule has 0 aliphatic heterocycles. The minimum atomic E-state index is -1.04. The molecular weight excluding hydrogens is 166 g/mol. The Hall–Kier alpha value is -1.04. The van der Waals surface area contributed by atoms with Gasteiger partial charge in [0, 0.05) is 0 Å². The molecule has 0 aromatic heterocycles. The van der Waals surface area contributed by atoms with Crippen molar-refractivity contribution in [3.63, 3.8) is 0 Å². The fraction of sp³-hybridized carbons (Fsp3) is 0.800. The van der Waals surface area contributed by atoms with E-state index in [-0.39, 0.29) is 5.92 Å². The van der Waals surface area contributed by atoms with Gasteiger partial charge in [-0.3, -0.25) is 4.79 Å². The molecule has 0 spiro atoms. The van der Waals surface area contributed by atoms with E-state index in [2.05, 4.69) is 0 Å². The van der Waals surface area contributed by atoms with Crippen molar-refractivity contribution in [3.05, 3.63) is 0 Å². The fourth-order valence-electron chi connectivity index (χ4n) is 2.93.